The highest BCUT2D eigenvalue weighted by atomic mass is 79.9. The molecule has 0 bridgehead atoms. The Labute approximate surface area is 120 Å². The zero-order valence-electron chi connectivity index (χ0n) is 9.99. The largest absolute Gasteiger partial charge is 0.406 e. The van der Waals surface area contributed by atoms with Crippen LogP contribution < -0.4 is 5.32 Å². The molecule has 0 aromatic carbocycles. The van der Waals surface area contributed by atoms with E-state index in [9.17, 15) is 18.0 Å². The van der Waals surface area contributed by atoms with E-state index in [1.807, 2.05) is 0 Å². The van der Waals surface area contributed by atoms with Crippen molar-refractivity contribution in [1.29, 1.82) is 0 Å². The highest BCUT2D eigenvalue weighted by Gasteiger charge is 2.29. The van der Waals surface area contributed by atoms with Gasteiger partial charge in [-0.15, -0.1) is 0 Å². The van der Waals surface area contributed by atoms with Crippen molar-refractivity contribution in [2.75, 3.05) is 5.32 Å². The number of anilines is 1. The number of aromatic nitrogens is 2. The number of alkyl halides is 3. The van der Waals surface area contributed by atoms with E-state index in [0.717, 1.165) is 4.57 Å². The van der Waals surface area contributed by atoms with Gasteiger partial charge >= 0.3 is 6.18 Å². The molecule has 0 saturated heterocycles. The van der Waals surface area contributed by atoms with Crippen LogP contribution in [0.5, 0.6) is 0 Å². The molecule has 2 aromatic rings. The minimum atomic E-state index is -4.38. The SMILES string of the molecule is O=C(Nc1ccc(Br)nc1)c1cccn1CC(F)(F)F. The third-order valence-electron chi connectivity index (χ3n) is 2.40. The fourth-order valence-electron chi connectivity index (χ4n) is 1.60. The Morgan fingerprint density at radius 1 is 1.35 bits per heavy atom. The molecule has 4 nitrogen and oxygen atoms in total. The summed E-state index contributed by atoms with van der Waals surface area (Å²) >= 11 is 3.14. The summed E-state index contributed by atoms with van der Waals surface area (Å²) in [6, 6.07) is 5.92. The van der Waals surface area contributed by atoms with E-state index in [2.05, 4.69) is 26.2 Å². The second kappa shape index (κ2) is 5.66. The average Bonchev–Trinajstić information content (AvgIpc) is 2.78. The zero-order valence-corrected chi connectivity index (χ0v) is 11.6. The van der Waals surface area contributed by atoms with Crippen LogP contribution in [-0.4, -0.2) is 21.6 Å². The predicted octanol–water partition coefficient (Wildman–Crippen LogP) is 3.46. The first-order chi connectivity index (χ1) is 9.35. The van der Waals surface area contributed by atoms with Crippen molar-refractivity contribution in [3.63, 3.8) is 0 Å². The van der Waals surface area contributed by atoms with Gasteiger partial charge in [-0.1, -0.05) is 0 Å². The molecule has 0 aliphatic carbocycles. The number of halogens is 4. The monoisotopic (exact) mass is 347 g/mol. The Morgan fingerprint density at radius 3 is 2.70 bits per heavy atom. The van der Waals surface area contributed by atoms with E-state index in [1.54, 1.807) is 12.1 Å². The summed E-state index contributed by atoms with van der Waals surface area (Å²) in [7, 11) is 0. The summed E-state index contributed by atoms with van der Waals surface area (Å²) in [5, 5.41) is 2.49. The van der Waals surface area contributed by atoms with Crippen LogP contribution >= 0.6 is 15.9 Å². The van der Waals surface area contributed by atoms with E-state index in [1.165, 1.54) is 24.5 Å². The Bertz CT molecular complexity index is 607. The summed E-state index contributed by atoms with van der Waals surface area (Å²) in [6.45, 7) is -1.21. The Morgan fingerprint density at radius 2 is 2.10 bits per heavy atom. The van der Waals surface area contributed by atoms with Crippen molar-refractivity contribution in [3.05, 3.63) is 47.0 Å². The van der Waals surface area contributed by atoms with Gasteiger partial charge in [0.05, 0.1) is 11.9 Å². The van der Waals surface area contributed by atoms with Crippen LogP contribution in [0.4, 0.5) is 18.9 Å². The molecule has 0 fully saturated rings. The molecule has 2 rings (SSSR count). The van der Waals surface area contributed by atoms with Gasteiger partial charge in [0.25, 0.3) is 5.91 Å². The molecule has 106 valence electrons. The first-order valence-corrected chi connectivity index (χ1v) is 6.29. The lowest BCUT2D eigenvalue weighted by molar-refractivity contribution is -0.140. The molecule has 0 aliphatic heterocycles. The van der Waals surface area contributed by atoms with Gasteiger partial charge in [0.2, 0.25) is 0 Å². The van der Waals surface area contributed by atoms with Gasteiger partial charge in [-0.3, -0.25) is 4.79 Å². The number of hydrogen-bond donors (Lipinski definition) is 1. The zero-order chi connectivity index (χ0) is 14.8. The molecule has 1 N–H and O–H groups in total. The van der Waals surface area contributed by atoms with Gasteiger partial charge in [0.15, 0.2) is 0 Å². The van der Waals surface area contributed by atoms with Crippen LogP contribution in [0.25, 0.3) is 0 Å². The molecule has 2 heterocycles. The smallest absolute Gasteiger partial charge is 0.334 e. The molecule has 0 saturated carbocycles. The number of carbonyl (C=O) groups excluding carboxylic acids is 1. The van der Waals surface area contributed by atoms with Gasteiger partial charge in [-0.2, -0.15) is 13.2 Å². The summed E-state index contributed by atoms with van der Waals surface area (Å²) in [6.07, 6.45) is -1.77. The van der Waals surface area contributed by atoms with Crippen molar-refractivity contribution in [1.82, 2.24) is 9.55 Å². The lowest BCUT2D eigenvalue weighted by Crippen LogP contribution is -2.23. The van der Waals surface area contributed by atoms with Crippen LogP contribution in [0, 0.1) is 0 Å². The van der Waals surface area contributed by atoms with Gasteiger partial charge in [-0.25, -0.2) is 4.98 Å². The topological polar surface area (TPSA) is 46.9 Å². The third-order valence-corrected chi connectivity index (χ3v) is 2.87. The van der Waals surface area contributed by atoms with Crippen molar-refractivity contribution in [2.45, 2.75) is 12.7 Å². The summed E-state index contributed by atoms with van der Waals surface area (Å²) in [5.74, 6) is -0.622. The predicted molar refractivity (Wildman–Crippen MR) is 70.4 cm³/mol. The molecule has 0 aliphatic rings. The Hall–Kier alpha value is -1.83. The van der Waals surface area contributed by atoms with E-state index < -0.39 is 18.6 Å². The Balaban J connectivity index is 2.14. The van der Waals surface area contributed by atoms with Gasteiger partial charge in [0, 0.05) is 6.20 Å². The molecule has 8 heteroatoms. The number of amides is 1. The normalized spacial score (nSPS) is 11.4. The van der Waals surface area contributed by atoms with E-state index in [-0.39, 0.29) is 5.69 Å². The maximum atomic E-state index is 12.4. The number of nitrogens with zero attached hydrogens (tertiary/aromatic N) is 2. The molecule has 0 atom stereocenters. The van der Waals surface area contributed by atoms with Crippen LogP contribution in [-0.2, 0) is 6.54 Å². The number of carbonyl (C=O) groups is 1. The van der Waals surface area contributed by atoms with Gasteiger partial charge in [-0.05, 0) is 40.2 Å². The number of hydrogen-bond acceptors (Lipinski definition) is 2. The third kappa shape index (κ3) is 3.83. The highest BCUT2D eigenvalue weighted by molar-refractivity contribution is 9.10. The summed E-state index contributed by atoms with van der Waals surface area (Å²) in [5.41, 5.74) is 0.336. The van der Waals surface area contributed by atoms with Gasteiger partial charge in [0.1, 0.15) is 16.8 Å². The molecule has 2 aromatic heterocycles. The maximum absolute atomic E-state index is 12.4. The number of nitrogens with one attached hydrogen (secondary N) is 1. The molecule has 0 radical (unpaired) electrons. The van der Waals surface area contributed by atoms with Crippen LogP contribution in [0.15, 0.2) is 41.3 Å². The summed E-state index contributed by atoms with van der Waals surface area (Å²) in [4.78, 5) is 15.8. The van der Waals surface area contributed by atoms with Crippen LogP contribution in [0.3, 0.4) is 0 Å². The highest BCUT2D eigenvalue weighted by Crippen LogP contribution is 2.19. The van der Waals surface area contributed by atoms with Crippen molar-refractivity contribution < 1.29 is 18.0 Å². The van der Waals surface area contributed by atoms with E-state index in [4.69, 9.17) is 0 Å². The van der Waals surface area contributed by atoms with Crippen molar-refractivity contribution in [3.8, 4) is 0 Å². The first kappa shape index (κ1) is 14.6. The van der Waals surface area contributed by atoms with Crippen molar-refractivity contribution in [2.24, 2.45) is 0 Å². The number of pyridine rings is 1. The molecule has 1 amide bonds. The number of rotatable bonds is 3. The molecule has 0 spiro atoms. The maximum Gasteiger partial charge on any atom is 0.406 e. The first-order valence-electron chi connectivity index (χ1n) is 5.50. The lowest BCUT2D eigenvalue weighted by atomic mass is 10.3. The second-order valence-electron chi connectivity index (χ2n) is 3.96. The second-order valence-corrected chi connectivity index (χ2v) is 4.77. The standard InChI is InChI=1S/C12H9BrF3N3O/c13-10-4-3-8(6-17-10)18-11(20)9-2-1-5-19(9)7-12(14,15)16/h1-6H,7H2,(H,18,20). The van der Waals surface area contributed by atoms with Crippen LogP contribution in [0.1, 0.15) is 10.5 Å². The minimum absolute atomic E-state index is 0.0646. The molecule has 20 heavy (non-hydrogen) atoms. The fourth-order valence-corrected chi connectivity index (χ4v) is 1.83. The summed E-state index contributed by atoms with van der Waals surface area (Å²) < 4.78 is 38.5. The Kier molecular flexibility index (Phi) is 4.12. The molecular weight excluding hydrogens is 339 g/mol. The fraction of sp³-hybridized carbons (Fsp3) is 0.167. The quantitative estimate of drug-likeness (QED) is 0.864. The molecule has 0 unspecified atom stereocenters. The lowest BCUT2D eigenvalue weighted by Gasteiger charge is -2.11. The van der Waals surface area contributed by atoms with Crippen LogP contribution in [0.2, 0.25) is 0 Å². The molecular formula is C12H9BrF3N3O. The minimum Gasteiger partial charge on any atom is -0.334 e. The van der Waals surface area contributed by atoms with E-state index in [0.29, 0.717) is 10.3 Å². The van der Waals surface area contributed by atoms with Gasteiger partial charge < -0.3 is 9.88 Å². The van der Waals surface area contributed by atoms with E-state index >= 15 is 0 Å². The average molecular weight is 348 g/mol. The van der Waals surface area contributed by atoms with Crippen molar-refractivity contribution >= 4 is 27.5 Å².